The minimum atomic E-state index is -0.425. The fourth-order valence-corrected chi connectivity index (χ4v) is 1.12. The maximum atomic E-state index is 11.4. The van der Waals surface area contributed by atoms with E-state index in [0.717, 1.165) is 6.33 Å². The number of nitrogens with one attached hydrogen (secondary N) is 2. The molecule has 0 aromatic carbocycles. The second-order valence-corrected chi connectivity index (χ2v) is 2.79. The van der Waals surface area contributed by atoms with Crippen molar-refractivity contribution in [2.24, 2.45) is 0 Å². The zero-order valence-corrected chi connectivity index (χ0v) is 7.89. The molecule has 0 spiro atoms. The van der Waals surface area contributed by atoms with Crippen molar-refractivity contribution in [2.45, 2.75) is 0 Å². The second kappa shape index (κ2) is 3.58. The smallest absolute Gasteiger partial charge is 0.280 e. The number of nitrogens with zero attached hydrogens (tertiary/aromatic N) is 3. The van der Waals surface area contributed by atoms with Gasteiger partial charge in [-0.1, -0.05) is 0 Å². The van der Waals surface area contributed by atoms with E-state index in [1.54, 1.807) is 0 Å². The number of hydrogen-bond acceptors (Lipinski definition) is 6. The molecule has 0 aliphatic heterocycles. The molecule has 0 saturated heterocycles. The van der Waals surface area contributed by atoms with E-state index in [1.807, 2.05) is 0 Å². The molecule has 0 fully saturated rings. The highest BCUT2D eigenvalue weighted by Crippen LogP contribution is 2.04. The predicted octanol–water partition coefficient (Wildman–Crippen LogP) is -0.627. The third-order valence-corrected chi connectivity index (χ3v) is 1.77. The van der Waals surface area contributed by atoms with Crippen molar-refractivity contribution in [2.75, 3.05) is 19.2 Å². The molecule has 8 heteroatoms. The number of rotatable bonds is 3. The zero-order chi connectivity index (χ0) is 10.8. The molecule has 2 aromatic rings. The van der Waals surface area contributed by atoms with Crippen molar-refractivity contribution in [3.8, 4) is 0 Å². The van der Waals surface area contributed by atoms with Gasteiger partial charge in [-0.3, -0.25) is 9.78 Å². The van der Waals surface area contributed by atoms with Gasteiger partial charge in [0.2, 0.25) is 11.6 Å². The summed E-state index contributed by atoms with van der Waals surface area (Å²) in [7, 11) is 1.50. The summed E-state index contributed by atoms with van der Waals surface area (Å²) in [5.41, 5.74) is -0.246. The molecule has 2 heterocycles. The number of H-pyrrole nitrogens is 1. The van der Waals surface area contributed by atoms with Gasteiger partial charge in [-0.25, -0.2) is 4.98 Å². The fourth-order valence-electron chi connectivity index (χ4n) is 1.12. The van der Waals surface area contributed by atoms with Crippen LogP contribution in [-0.2, 0) is 4.74 Å². The van der Waals surface area contributed by atoms with Gasteiger partial charge in [-0.15, -0.1) is 0 Å². The van der Waals surface area contributed by atoms with E-state index in [-0.39, 0.29) is 23.8 Å². The minimum absolute atomic E-state index is 0.0838. The van der Waals surface area contributed by atoms with Gasteiger partial charge in [0.15, 0.2) is 5.52 Å². The van der Waals surface area contributed by atoms with Crippen LogP contribution in [0.5, 0.6) is 0 Å². The number of hydrogen-bond donors (Lipinski definition) is 3. The summed E-state index contributed by atoms with van der Waals surface area (Å²) >= 11 is 0. The monoisotopic (exact) mass is 211 g/mol. The average Bonchev–Trinajstić information content (AvgIpc) is 2.58. The van der Waals surface area contributed by atoms with Gasteiger partial charge in [0.1, 0.15) is 13.1 Å². The Balaban J connectivity index is 2.50. The van der Waals surface area contributed by atoms with Crippen molar-refractivity contribution in [3.05, 3.63) is 16.7 Å². The molecule has 2 rings (SSSR count). The van der Waals surface area contributed by atoms with Gasteiger partial charge in [0.05, 0.1) is 0 Å². The fraction of sp³-hybridized carbons (Fsp3) is 0.286. The lowest BCUT2D eigenvalue weighted by atomic mass is 10.5. The van der Waals surface area contributed by atoms with E-state index >= 15 is 0 Å². The topological polar surface area (TPSA) is 105 Å². The summed E-state index contributed by atoms with van der Waals surface area (Å²) in [4.78, 5) is 21.5. The van der Waals surface area contributed by atoms with Crippen LogP contribution >= 0.6 is 0 Å². The van der Waals surface area contributed by atoms with Gasteiger partial charge in [0.25, 0.3) is 5.56 Å². The van der Waals surface area contributed by atoms with Crippen LogP contribution in [0.25, 0.3) is 11.2 Å². The van der Waals surface area contributed by atoms with Gasteiger partial charge in [0, 0.05) is 7.11 Å². The van der Waals surface area contributed by atoms with Crippen LogP contribution in [-0.4, -0.2) is 38.7 Å². The third kappa shape index (κ3) is 1.62. The lowest BCUT2D eigenvalue weighted by molar-refractivity contribution is 0.196. The van der Waals surface area contributed by atoms with Crippen molar-refractivity contribution in [3.63, 3.8) is 0 Å². The Morgan fingerprint density at radius 3 is 3.27 bits per heavy atom. The summed E-state index contributed by atoms with van der Waals surface area (Å²) in [6.45, 7) is 0.202. The van der Waals surface area contributed by atoms with Crippen LogP contribution in [0.4, 0.5) is 5.95 Å². The molecule has 80 valence electrons. The molecule has 0 saturated carbocycles. The van der Waals surface area contributed by atoms with Crippen LogP contribution < -0.4 is 10.9 Å². The number of aromatic nitrogens is 4. The maximum absolute atomic E-state index is 11.4. The highest BCUT2D eigenvalue weighted by molar-refractivity contribution is 5.70. The Kier molecular flexibility index (Phi) is 2.26. The molecule has 0 aliphatic rings. The molecule has 3 N–H and O–H groups in total. The number of imidazole rings is 1. The molecular formula is C7H9N5O3. The first kappa shape index (κ1) is 9.46. The molecule has 0 aliphatic carbocycles. The Morgan fingerprint density at radius 1 is 1.73 bits per heavy atom. The molecule has 0 atom stereocenters. The first-order valence-corrected chi connectivity index (χ1v) is 4.12. The first-order chi connectivity index (χ1) is 7.22. The molecule has 0 amide bonds. The molecule has 0 radical (unpaired) electrons. The van der Waals surface area contributed by atoms with Gasteiger partial charge < -0.3 is 15.3 Å². The molecule has 2 aromatic heterocycles. The van der Waals surface area contributed by atoms with E-state index in [4.69, 9.17) is 4.74 Å². The Hall–Kier alpha value is -2.09. The summed E-state index contributed by atoms with van der Waals surface area (Å²) < 4.78 is 5.43. The summed E-state index contributed by atoms with van der Waals surface area (Å²) in [6.07, 6.45) is 1.10. The SMILES string of the molecule is COCNc1nc2c(ncn2O)c(=O)[nH]1. The number of aromatic amines is 1. The van der Waals surface area contributed by atoms with E-state index in [2.05, 4.69) is 20.3 Å². The molecule has 0 bridgehead atoms. The van der Waals surface area contributed by atoms with Crippen LogP contribution in [0.15, 0.2) is 11.1 Å². The first-order valence-electron chi connectivity index (χ1n) is 4.12. The summed E-state index contributed by atoms with van der Waals surface area (Å²) in [6, 6.07) is 0. The minimum Gasteiger partial charge on any atom is -0.425 e. The zero-order valence-electron chi connectivity index (χ0n) is 7.89. The average molecular weight is 211 g/mol. The normalized spacial score (nSPS) is 10.7. The van der Waals surface area contributed by atoms with Crippen LogP contribution in [0.2, 0.25) is 0 Å². The molecule has 15 heavy (non-hydrogen) atoms. The van der Waals surface area contributed by atoms with Crippen molar-refractivity contribution in [1.29, 1.82) is 0 Å². The second-order valence-electron chi connectivity index (χ2n) is 2.79. The predicted molar refractivity (Wildman–Crippen MR) is 50.8 cm³/mol. The number of fused-ring (bicyclic) bond motifs is 1. The number of anilines is 1. The lowest BCUT2D eigenvalue weighted by Crippen LogP contribution is -2.15. The Morgan fingerprint density at radius 2 is 2.53 bits per heavy atom. The van der Waals surface area contributed by atoms with Crippen molar-refractivity contribution < 1.29 is 9.94 Å². The lowest BCUT2D eigenvalue weighted by Gasteiger charge is -2.02. The van der Waals surface area contributed by atoms with Gasteiger partial charge >= 0.3 is 0 Å². The van der Waals surface area contributed by atoms with Crippen LogP contribution in [0, 0.1) is 0 Å². The highest BCUT2D eigenvalue weighted by atomic mass is 16.5. The van der Waals surface area contributed by atoms with Gasteiger partial charge in [-0.2, -0.15) is 9.71 Å². The van der Waals surface area contributed by atoms with E-state index in [0.29, 0.717) is 4.73 Å². The number of methoxy groups -OCH3 is 1. The molecule has 8 nitrogen and oxygen atoms in total. The highest BCUT2D eigenvalue weighted by Gasteiger charge is 2.08. The van der Waals surface area contributed by atoms with Gasteiger partial charge in [-0.05, 0) is 0 Å². The Labute approximate surface area is 83.5 Å². The standard InChI is InChI=1S/C7H9N5O3/c1-15-3-9-7-10-5-4(6(13)11-7)8-2-12(5)14/h2,14H,3H2,1H3,(H2,9,10,11,13). The molecule has 0 unspecified atom stereocenters. The van der Waals surface area contributed by atoms with Crippen molar-refractivity contribution in [1.82, 2.24) is 19.7 Å². The van der Waals surface area contributed by atoms with Crippen LogP contribution in [0.1, 0.15) is 0 Å². The van der Waals surface area contributed by atoms with E-state index in [9.17, 15) is 10.0 Å². The van der Waals surface area contributed by atoms with E-state index in [1.165, 1.54) is 7.11 Å². The largest absolute Gasteiger partial charge is 0.425 e. The quantitative estimate of drug-likeness (QED) is 0.461. The van der Waals surface area contributed by atoms with Crippen LogP contribution in [0.3, 0.4) is 0 Å². The number of ether oxygens (including phenoxy) is 1. The summed E-state index contributed by atoms with van der Waals surface area (Å²) in [5.74, 6) is 0.213. The van der Waals surface area contributed by atoms with E-state index < -0.39 is 5.56 Å². The Bertz CT molecular complexity index is 531. The maximum Gasteiger partial charge on any atom is 0.280 e. The summed E-state index contributed by atoms with van der Waals surface area (Å²) in [5, 5.41) is 12.0. The van der Waals surface area contributed by atoms with Crippen molar-refractivity contribution >= 4 is 17.1 Å². The molecular weight excluding hydrogens is 202 g/mol. The third-order valence-electron chi connectivity index (χ3n) is 1.77.